The summed E-state index contributed by atoms with van der Waals surface area (Å²) in [6.45, 7) is 2.08. The maximum absolute atomic E-state index is 8.61. The summed E-state index contributed by atoms with van der Waals surface area (Å²) >= 11 is 0.934. The lowest BCUT2D eigenvalue weighted by molar-refractivity contribution is 0.244. The summed E-state index contributed by atoms with van der Waals surface area (Å²) in [6, 6.07) is 0. The van der Waals surface area contributed by atoms with Crippen LogP contribution < -0.4 is 0 Å². The molecule has 36 valence electrons. The van der Waals surface area contributed by atoms with E-state index >= 15 is 0 Å². The first-order valence-corrected chi connectivity index (χ1v) is 3.61. The van der Waals surface area contributed by atoms with Crippen LogP contribution in [0.5, 0.6) is 0 Å². The highest BCUT2D eigenvalue weighted by Crippen LogP contribution is 1.87. The molecule has 0 spiro atoms. The molecule has 0 amide bonds. The van der Waals surface area contributed by atoms with Gasteiger partial charge in [0.2, 0.25) is 0 Å². The largest absolute Gasteiger partial charge is 0.409 e. The van der Waals surface area contributed by atoms with Gasteiger partial charge >= 0.3 is 0 Å². The van der Waals surface area contributed by atoms with Crippen LogP contribution in [0.2, 0.25) is 0 Å². The minimum absolute atomic E-state index is 0.0370. The van der Waals surface area contributed by atoms with E-state index in [0.717, 1.165) is 29.1 Å². The van der Waals surface area contributed by atoms with E-state index in [1.54, 1.807) is 0 Å². The van der Waals surface area contributed by atoms with Crippen LogP contribution >= 0.6 is 0 Å². The van der Waals surface area contributed by atoms with Gasteiger partial charge < -0.3 is 5.11 Å². The highest BCUT2D eigenvalue weighted by atomic mass is 27.0. The topological polar surface area (TPSA) is 20.2 Å². The summed E-state index contributed by atoms with van der Waals surface area (Å²) in [6.07, 6.45) is 2.11. The summed E-state index contributed by atoms with van der Waals surface area (Å²) in [5, 5.41) is 8.61. The maximum atomic E-state index is 8.61. The van der Waals surface area contributed by atoms with Gasteiger partial charge in [0.25, 0.3) is 16.3 Å². The highest BCUT2D eigenvalue weighted by molar-refractivity contribution is 6.10. The standard InChI is InChI=1S/C4H9O.Al.2H/c1-2-3-4-5;;;/h4-5H,2-3H2,1H3;;;. The van der Waals surface area contributed by atoms with Gasteiger partial charge in [-0.3, -0.25) is 0 Å². The smallest absolute Gasteiger partial charge is 0.258 e. The van der Waals surface area contributed by atoms with Crippen LogP contribution in [0.25, 0.3) is 0 Å². The van der Waals surface area contributed by atoms with E-state index in [9.17, 15) is 0 Å². The second kappa shape index (κ2) is 3.67. The number of hydrogen-bond donors (Lipinski definition) is 1. The molecule has 0 aliphatic carbocycles. The monoisotopic (exact) mass is 102 g/mol. The number of aliphatic hydroxyl groups is 1. The minimum atomic E-state index is 0.0370. The molecule has 0 rings (SSSR count). The van der Waals surface area contributed by atoms with Crippen molar-refractivity contribution in [1.82, 2.24) is 0 Å². The third-order valence-corrected chi connectivity index (χ3v) is 1.28. The van der Waals surface area contributed by atoms with Crippen molar-refractivity contribution in [1.29, 1.82) is 0 Å². The van der Waals surface area contributed by atoms with Crippen molar-refractivity contribution in [2.24, 2.45) is 0 Å². The molecule has 0 aromatic carbocycles. The van der Waals surface area contributed by atoms with E-state index < -0.39 is 0 Å². The molecule has 1 unspecified atom stereocenters. The Morgan fingerprint density at radius 3 is 2.33 bits per heavy atom. The summed E-state index contributed by atoms with van der Waals surface area (Å²) in [5.41, 5.74) is 0. The zero-order chi connectivity index (χ0) is 4.99. The van der Waals surface area contributed by atoms with E-state index in [4.69, 9.17) is 5.11 Å². The Kier molecular flexibility index (Phi) is 3.98. The molecule has 0 aromatic rings. The molecular weight excluding hydrogens is 91.0 g/mol. The van der Waals surface area contributed by atoms with Crippen molar-refractivity contribution in [2.45, 2.75) is 24.7 Å². The third-order valence-electron chi connectivity index (χ3n) is 0.706. The fourth-order valence-corrected chi connectivity index (χ4v) is 0.995. The fraction of sp³-hybridized carbons (Fsp3) is 1.00. The van der Waals surface area contributed by atoms with Gasteiger partial charge in [-0.05, 0) is 11.4 Å². The van der Waals surface area contributed by atoms with Crippen LogP contribution in [0.15, 0.2) is 0 Å². The molecule has 1 atom stereocenters. The summed E-state index contributed by atoms with van der Waals surface area (Å²) in [4.78, 5) is 0.0370. The third kappa shape index (κ3) is 4.49. The van der Waals surface area contributed by atoms with E-state index in [1.165, 1.54) is 0 Å². The average Bonchev–Trinajstić information content (AvgIpc) is 1.35. The molecule has 0 radical (unpaired) electrons. The Morgan fingerprint density at radius 1 is 1.83 bits per heavy atom. The zero-order valence-corrected chi connectivity index (χ0v) is 6.44. The lowest BCUT2D eigenvalue weighted by atomic mass is 10.4. The van der Waals surface area contributed by atoms with Crippen LogP contribution in [0, 0.1) is 0 Å². The highest BCUT2D eigenvalue weighted by Gasteiger charge is 1.88. The first-order chi connectivity index (χ1) is 2.77. The first kappa shape index (κ1) is 6.49. The Labute approximate surface area is 46.8 Å². The molecule has 0 aliphatic heterocycles. The molecule has 0 aliphatic rings. The molecule has 0 heterocycles. The molecule has 0 saturated carbocycles. The van der Waals surface area contributed by atoms with Crippen LogP contribution in [0.4, 0.5) is 0 Å². The molecule has 6 heavy (non-hydrogen) atoms. The molecular formula is C4H11AlO. The first-order valence-electron chi connectivity index (χ1n) is 2.45. The summed E-state index contributed by atoms with van der Waals surface area (Å²) in [5.74, 6) is 0. The zero-order valence-electron chi connectivity index (χ0n) is 4.44. The summed E-state index contributed by atoms with van der Waals surface area (Å²) < 4.78 is 0. The molecule has 2 heteroatoms. The Hall–Kier alpha value is 0.492. The van der Waals surface area contributed by atoms with Crippen LogP contribution in [0.1, 0.15) is 19.8 Å². The van der Waals surface area contributed by atoms with E-state index in [1.807, 2.05) is 0 Å². The van der Waals surface area contributed by atoms with Gasteiger partial charge in [-0.1, -0.05) is 13.3 Å². The fourth-order valence-electron chi connectivity index (χ4n) is 0.418. The molecule has 1 nitrogen and oxygen atoms in total. The molecule has 0 bridgehead atoms. The van der Waals surface area contributed by atoms with Crippen LogP contribution in [-0.4, -0.2) is 26.4 Å². The Balaban J connectivity index is 2.63. The van der Waals surface area contributed by atoms with Gasteiger partial charge in [-0.25, -0.2) is 0 Å². The number of hydrogen-bond acceptors (Lipinski definition) is 1. The molecule has 0 fully saturated rings. The normalized spacial score (nSPS) is 14.3. The van der Waals surface area contributed by atoms with Gasteiger partial charge in [0.15, 0.2) is 0 Å². The van der Waals surface area contributed by atoms with Gasteiger partial charge in [0.1, 0.15) is 0 Å². The van der Waals surface area contributed by atoms with E-state index in [-0.39, 0.29) is 4.97 Å². The predicted molar refractivity (Wildman–Crippen MR) is 29.5 cm³/mol. The average molecular weight is 102 g/mol. The lowest BCUT2D eigenvalue weighted by Gasteiger charge is -1.95. The minimum Gasteiger partial charge on any atom is -0.409 e. The second-order valence-corrected chi connectivity index (χ2v) is 2.97. The predicted octanol–water partition coefficient (Wildman–Crippen LogP) is -0.262. The van der Waals surface area contributed by atoms with Gasteiger partial charge in [0, 0.05) is 0 Å². The van der Waals surface area contributed by atoms with Crippen molar-refractivity contribution in [2.75, 3.05) is 0 Å². The Bertz CT molecular complexity index is 28.7. The van der Waals surface area contributed by atoms with Crippen LogP contribution in [0.3, 0.4) is 0 Å². The number of aliphatic hydroxyl groups excluding tert-OH is 1. The quantitative estimate of drug-likeness (QED) is 0.476. The van der Waals surface area contributed by atoms with Crippen molar-refractivity contribution in [3.63, 3.8) is 0 Å². The van der Waals surface area contributed by atoms with Gasteiger partial charge in [0.05, 0.1) is 0 Å². The maximum Gasteiger partial charge on any atom is 0.258 e. The van der Waals surface area contributed by atoms with Crippen molar-refractivity contribution in [3.05, 3.63) is 0 Å². The van der Waals surface area contributed by atoms with Gasteiger partial charge in [-0.15, -0.1) is 0 Å². The van der Waals surface area contributed by atoms with Crippen molar-refractivity contribution < 1.29 is 5.11 Å². The van der Waals surface area contributed by atoms with E-state index in [0.29, 0.717) is 0 Å². The molecule has 0 saturated heterocycles. The van der Waals surface area contributed by atoms with E-state index in [2.05, 4.69) is 6.92 Å². The van der Waals surface area contributed by atoms with Crippen molar-refractivity contribution >= 4 is 16.3 Å². The van der Waals surface area contributed by atoms with Crippen molar-refractivity contribution in [3.8, 4) is 0 Å². The molecule has 1 N–H and O–H groups in total. The van der Waals surface area contributed by atoms with Gasteiger partial charge in [-0.2, -0.15) is 0 Å². The lowest BCUT2D eigenvalue weighted by Crippen LogP contribution is -2.02. The SMILES string of the molecule is CCC[CH](O)[AlH2]. The van der Waals surface area contributed by atoms with Crippen LogP contribution in [-0.2, 0) is 0 Å². The Morgan fingerprint density at radius 2 is 2.33 bits per heavy atom. The second-order valence-electron chi connectivity index (χ2n) is 1.64. The number of rotatable bonds is 2. The summed E-state index contributed by atoms with van der Waals surface area (Å²) in [7, 11) is 0. The molecule has 0 aromatic heterocycles.